The van der Waals surface area contributed by atoms with E-state index in [1.54, 1.807) is 18.5 Å². The molecule has 2 N–H and O–H groups in total. The molecule has 0 radical (unpaired) electrons. The Balaban J connectivity index is 1.96. The summed E-state index contributed by atoms with van der Waals surface area (Å²) in [6, 6.07) is 9.26. The lowest BCUT2D eigenvalue weighted by Crippen LogP contribution is -2.40. The summed E-state index contributed by atoms with van der Waals surface area (Å²) in [6.45, 7) is 6.91. The van der Waals surface area contributed by atoms with Gasteiger partial charge in [-0.15, -0.1) is 6.58 Å². The second kappa shape index (κ2) is 8.97. The van der Waals surface area contributed by atoms with Crippen molar-refractivity contribution in [1.82, 2.24) is 20.4 Å². The zero-order chi connectivity index (χ0) is 21.7. The molecule has 1 atom stereocenters. The molecule has 1 unspecified atom stereocenters. The average molecular weight is 427 g/mol. The van der Waals surface area contributed by atoms with Gasteiger partial charge >= 0.3 is 16.1 Å². The van der Waals surface area contributed by atoms with Gasteiger partial charge in [0.2, 0.25) is 0 Å². The second-order valence-corrected chi connectivity index (χ2v) is 7.99. The van der Waals surface area contributed by atoms with Gasteiger partial charge in [0.15, 0.2) is 11.2 Å². The third-order valence-electron chi connectivity index (χ3n) is 4.20. The minimum Gasteiger partial charge on any atom is -0.344 e. The molecule has 156 valence electrons. The van der Waals surface area contributed by atoms with Gasteiger partial charge in [-0.05, 0) is 30.7 Å². The minimum absolute atomic E-state index is 0.0713. The highest BCUT2D eigenvalue weighted by atomic mass is 32.2. The Labute approximate surface area is 174 Å². The van der Waals surface area contributed by atoms with E-state index in [0.717, 1.165) is 17.0 Å². The van der Waals surface area contributed by atoms with Crippen LogP contribution in [0.4, 0.5) is 5.82 Å². The van der Waals surface area contributed by atoms with Gasteiger partial charge in [0.25, 0.3) is 0 Å². The third kappa shape index (κ3) is 4.61. The molecule has 3 rings (SSSR count). The monoisotopic (exact) mass is 427 g/mol. The molecule has 0 fully saturated rings. The van der Waals surface area contributed by atoms with Crippen molar-refractivity contribution in [2.75, 3.05) is 5.43 Å². The molecular weight excluding hydrogens is 406 g/mol. The molecule has 0 aromatic carbocycles. The first-order valence-electron chi connectivity index (χ1n) is 9.13. The van der Waals surface area contributed by atoms with E-state index in [1.165, 1.54) is 6.92 Å². The Kier molecular flexibility index (Phi) is 6.38. The molecule has 3 heterocycles. The fourth-order valence-corrected chi connectivity index (χ4v) is 3.60. The third-order valence-corrected chi connectivity index (χ3v) is 5.55. The van der Waals surface area contributed by atoms with Crippen LogP contribution in [0.1, 0.15) is 18.9 Å². The number of fused-ring (bicyclic) bond motifs is 1. The number of hydrogen-bond acceptors (Lipinski definition) is 9. The van der Waals surface area contributed by atoms with E-state index in [1.807, 2.05) is 31.2 Å². The van der Waals surface area contributed by atoms with Crippen molar-refractivity contribution >= 4 is 32.8 Å². The first-order chi connectivity index (χ1) is 14.4. The van der Waals surface area contributed by atoms with E-state index in [4.69, 9.17) is 0 Å². The van der Waals surface area contributed by atoms with Crippen molar-refractivity contribution in [3.05, 3.63) is 60.9 Å². The van der Waals surface area contributed by atoms with Crippen LogP contribution in [0, 0.1) is 6.92 Å². The number of aromatic nitrogens is 3. The van der Waals surface area contributed by atoms with Gasteiger partial charge < -0.3 is 9.61 Å². The molecule has 3 aromatic heterocycles. The average Bonchev–Trinajstić information content (AvgIpc) is 2.73. The fourth-order valence-electron chi connectivity index (χ4n) is 2.68. The number of anilines is 1. The van der Waals surface area contributed by atoms with Crippen molar-refractivity contribution in [2.45, 2.75) is 25.6 Å². The highest BCUT2D eigenvalue weighted by molar-refractivity contribution is 7.87. The van der Waals surface area contributed by atoms with Gasteiger partial charge in [0.05, 0.1) is 11.4 Å². The topological polar surface area (TPSA) is 123 Å². The van der Waals surface area contributed by atoms with Crippen molar-refractivity contribution in [3.63, 3.8) is 0 Å². The molecule has 10 heteroatoms. The maximum absolute atomic E-state index is 12.3. The molecule has 0 spiro atoms. The van der Waals surface area contributed by atoms with Crippen LogP contribution in [0.2, 0.25) is 0 Å². The number of nitrogens with zero attached hydrogens (tertiary/aromatic N) is 3. The Morgan fingerprint density at radius 3 is 2.70 bits per heavy atom. The lowest BCUT2D eigenvalue weighted by Gasteiger charge is -2.17. The summed E-state index contributed by atoms with van der Waals surface area (Å²) in [5, 5.41) is -0.610. The van der Waals surface area contributed by atoms with Gasteiger partial charge in [-0.2, -0.15) is 8.42 Å². The van der Waals surface area contributed by atoms with Crippen LogP contribution >= 0.6 is 0 Å². The summed E-state index contributed by atoms with van der Waals surface area (Å²) in [5.74, 6) is -0.571. The van der Waals surface area contributed by atoms with E-state index >= 15 is 0 Å². The fraction of sp³-hybridized carbons (Fsp3) is 0.200. The van der Waals surface area contributed by atoms with Crippen molar-refractivity contribution in [1.29, 1.82) is 0 Å². The van der Waals surface area contributed by atoms with Gasteiger partial charge in [0, 0.05) is 24.2 Å². The van der Waals surface area contributed by atoms with Crippen molar-refractivity contribution < 1.29 is 17.4 Å². The van der Waals surface area contributed by atoms with E-state index in [9.17, 15) is 13.2 Å². The summed E-state index contributed by atoms with van der Waals surface area (Å²) in [7, 11) is -4.28. The number of rotatable bonds is 8. The van der Waals surface area contributed by atoms with Gasteiger partial charge in [-0.1, -0.05) is 25.1 Å². The van der Waals surface area contributed by atoms with Crippen molar-refractivity contribution in [3.8, 4) is 11.4 Å². The zero-order valence-electron chi connectivity index (χ0n) is 16.5. The molecule has 0 amide bonds. The maximum Gasteiger partial charge on any atom is 0.333 e. The first kappa shape index (κ1) is 21.3. The predicted octanol–water partition coefficient (Wildman–Crippen LogP) is 2.71. The molecule has 9 nitrogen and oxygen atoms in total. The molecule has 0 saturated carbocycles. The Bertz CT molecular complexity index is 1200. The summed E-state index contributed by atoms with van der Waals surface area (Å²) in [6.07, 6.45) is 4.31. The molecule has 0 aliphatic rings. The van der Waals surface area contributed by atoms with Gasteiger partial charge in [0.1, 0.15) is 5.52 Å². The maximum atomic E-state index is 12.3. The molecular formula is C20H21N5O4S. The molecule has 0 saturated heterocycles. The second-order valence-electron chi connectivity index (χ2n) is 6.33. The van der Waals surface area contributed by atoms with Crippen LogP contribution in [0.3, 0.4) is 0 Å². The number of pyridine rings is 3. The van der Waals surface area contributed by atoms with Crippen LogP contribution in [-0.4, -0.2) is 34.7 Å². The first-order valence-corrected chi connectivity index (χ1v) is 10.6. The van der Waals surface area contributed by atoms with Crippen LogP contribution in [0.15, 0.2) is 55.4 Å². The zero-order valence-corrected chi connectivity index (χ0v) is 17.3. The van der Waals surface area contributed by atoms with Gasteiger partial charge in [-0.25, -0.2) is 10.4 Å². The van der Waals surface area contributed by atoms with Gasteiger partial charge in [-0.3, -0.25) is 14.8 Å². The number of nitrogens with one attached hydrogen (secondary N) is 2. The minimum atomic E-state index is -4.28. The molecule has 30 heavy (non-hydrogen) atoms. The molecule has 0 aliphatic carbocycles. The lowest BCUT2D eigenvalue weighted by atomic mass is 10.1. The highest BCUT2D eigenvalue weighted by Gasteiger charge is 2.27. The predicted molar refractivity (Wildman–Crippen MR) is 114 cm³/mol. The Morgan fingerprint density at radius 2 is 2.00 bits per heavy atom. The Morgan fingerprint density at radius 1 is 1.27 bits per heavy atom. The van der Waals surface area contributed by atoms with E-state index in [-0.39, 0.29) is 12.2 Å². The number of carbonyl (C=O) groups excluding carboxylic acids is 1. The van der Waals surface area contributed by atoms with Crippen LogP contribution in [0.25, 0.3) is 22.3 Å². The SMILES string of the molecule is C=CC(NNc1nc(-c2ncccc2C)cc2cccnc12)S(=O)(=O)OC(=O)CC. The standard InChI is InChI=1S/C20H21N5O4S/c1-4-16(30(27,28)29-17(26)5-2)24-25-20-19-14(9-7-11-22-19)12-15(23-20)18-13(3)8-6-10-21-18/h4,6-12,16,24H,1,5H2,2-3H3,(H,23,25). The lowest BCUT2D eigenvalue weighted by molar-refractivity contribution is -0.133. The largest absolute Gasteiger partial charge is 0.344 e. The molecule has 0 aliphatic heterocycles. The Hall–Kier alpha value is -3.37. The quantitative estimate of drug-likeness (QED) is 0.317. The van der Waals surface area contributed by atoms with Crippen molar-refractivity contribution in [2.24, 2.45) is 0 Å². The number of hydrazine groups is 1. The summed E-state index contributed by atoms with van der Waals surface area (Å²) >= 11 is 0. The summed E-state index contributed by atoms with van der Waals surface area (Å²) < 4.78 is 29.1. The molecule has 3 aromatic rings. The number of hydrogen-bond donors (Lipinski definition) is 2. The highest BCUT2D eigenvalue weighted by Crippen LogP contribution is 2.26. The van der Waals surface area contributed by atoms with Crippen LogP contribution in [-0.2, 0) is 19.1 Å². The van der Waals surface area contributed by atoms with Crippen LogP contribution in [0.5, 0.6) is 0 Å². The van der Waals surface area contributed by atoms with E-state index < -0.39 is 21.5 Å². The summed E-state index contributed by atoms with van der Waals surface area (Å²) in [4.78, 5) is 24.7. The number of carbonyl (C=O) groups is 1. The van der Waals surface area contributed by atoms with E-state index in [2.05, 4.69) is 36.6 Å². The smallest absolute Gasteiger partial charge is 0.333 e. The molecule has 0 bridgehead atoms. The number of aryl methyl sites for hydroxylation is 1. The summed E-state index contributed by atoms with van der Waals surface area (Å²) in [5.41, 5.74) is 8.10. The van der Waals surface area contributed by atoms with E-state index in [0.29, 0.717) is 16.9 Å². The van der Waals surface area contributed by atoms with Crippen LogP contribution < -0.4 is 10.9 Å². The normalized spacial score (nSPS) is 12.3.